The van der Waals surface area contributed by atoms with Gasteiger partial charge in [0.05, 0.1) is 39.4 Å². The highest BCUT2D eigenvalue weighted by molar-refractivity contribution is 7.19. The summed E-state index contributed by atoms with van der Waals surface area (Å²) in [6.07, 6.45) is 0. The van der Waals surface area contributed by atoms with Crippen molar-refractivity contribution in [1.82, 2.24) is 19.1 Å². The van der Waals surface area contributed by atoms with Gasteiger partial charge >= 0.3 is 0 Å². The van der Waals surface area contributed by atoms with E-state index in [1.165, 1.54) is 20.7 Å². The molecular formula is C53H35N5Si. The number of nitriles is 1. The number of rotatable bonds is 7. The molecule has 8 aromatic carbocycles. The van der Waals surface area contributed by atoms with E-state index in [1.807, 2.05) is 30.3 Å². The van der Waals surface area contributed by atoms with Crippen LogP contribution in [0, 0.1) is 11.3 Å². The van der Waals surface area contributed by atoms with Gasteiger partial charge in [0.1, 0.15) is 5.82 Å². The highest BCUT2D eigenvalue weighted by atomic mass is 28.3. The van der Waals surface area contributed by atoms with Crippen LogP contribution in [0.1, 0.15) is 5.56 Å². The first-order valence-corrected chi connectivity index (χ1v) is 21.8. The zero-order valence-corrected chi connectivity index (χ0v) is 32.9. The largest absolute Gasteiger partial charge is 0.294 e. The van der Waals surface area contributed by atoms with Crippen molar-refractivity contribution < 1.29 is 0 Å². The molecule has 0 bridgehead atoms. The van der Waals surface area contributed by atoms with Crippen molar-refractivity contribution in [3.8, 4) is 29.1 Å². The number of para-hydroxylation sites is 3. The molecule has 11 rings (SSSR count). The molecule has 0 amide bonds. The van der Waals surface area contributed by atoms with Crippen molar-refractivity contribution in [1.29, 1.82) is 5.26 Å². The Kier molecular flexibility index (Phi) is 8.14. The number of hydrogen-bond acceptors (Lipinski definition) is 3. The standard InChI is InChI=1S/C53H35N5Si/c54-36-37-31-32-51-46(33-37)45-27-12-15-30-50(45)58(51)53-55-47(35-52(56-53)57-48-28-13-10-25-43(48)44-26-11-14-29-49(44)57)38-17-16-24-42(34-38)59(39-18-4-1-5-19-39,40-20-6-2-7-21-40)41-22-8-3-9-23-41/h1-35H. The highest BCUT2D eigenvalue weighted by Crippen LogP contribution is 2.35. The van der Waals surface area contributed by atoms with Crippen molar-refractivity contribution in [2.45, 2.75) is 0 Å². The zero-order valence-electron chi connectivity index (χ0n) is 31.9. The average molecular weight is 770 g/mol. The molecule has 0 N–H and O–H groups in total. The minimum atomic E-state index is -2.83. The minimum absolute atomic E-state index is 0.554. The molecule has 0 aliphatic carbocycles. The van der Waals surface area contributed by atoms with E-state index in [-0.39, 0.29) is 0 Å². The fourth-order valence-electron chi connectivity index (χ4n) is 9.19. The quantitative estimate of drug-likeness (QED) is 0.120. The smallest absolute Gasteiger partial charge is 0.237 e. The van der Waals surface area contributed by atoms with E-state index in [0.717, 1.165) is 60.7 Å². The third-order valence-corrected chi connectivity index (χ3v) is 16.5. The molecule has 59 heavy (non-hydrogen) atoms. The van der Waals surface area contributed by atoms with Crippen molar-refractivity contribution in [3.63, 3.8) is 0 Å². The summed E-state index contributed by atoms with van der Waals surface area (Å²) in [4.78, 5) is 10.9. The second-order valence-electron chi connectivity index (χ2n) is 14.9. The lowest BCUT2D eigenvalue weighted by atomic mass is 10.1. The van der Waals surface area contributed by atoms with Gasteiger partial charge in [-0.3, -0.25) is 9.13 Å². The summed E-state index contributed by atoms with van der Waals surface area (Å²) in [5.74, 6) is 1.32. The molecule has 3 aromatic heterocycles. The molecule has 0 fully saturated rings. The van der Waals surface area contributed by atoms with Crippen LogP contribution in [0.3, 0.4) is 0 Å². The molecule has 0 aliphatic rings. The second kappa shape index (κ2) is 14.0. The predicted octanol–water partition coefficient (Wildman–Crippen LogP) is 9.59. The summed E-state index contributed by atoms with van der Waals surface area (Å²) >= 11 is 0. The monoisotopic (exact) mass is 769 g/mol. The van der Waals surface area contributed by atoms with E-state index in [0.29, 0.717) is 11.5 Å². The van der Waals surface area contributed by atoms with Gasteiger partial charge in [0, 0.05) is 33.2 Å². The molecule has 0 saturated carbocycles. The Morgan fingerprint density at radius 3 is 1.42 bits per heavy atom. The summed E-state index contributed by atoms with van der Waals surface area (Å²) in [6, 6.07) is 77.8. The van der Waals surface area contributed by atoms with Crippen LogP contribution in [-0.4, -0.2) is 27.2 Å². The maximum Gasteiger partial charge on any atom is 0.237 e. The number of nitrogens with zero attached hydrogens (tertiary/aromatic N) is 5. The van der Waals surface area contributed by atoms with Crippen LogP contribution < -0.4 is 20.7 Å². The second-order valence-corrected chi connectivity index (χ2v) is 18.7. The Labute approximate surface area is 342 Å². The van der Waals surface area contributed by atoms with Crippen LogP contribution in [0.4, 0.5) is 0 Å². The van der Waals surface area contributed by atoms with Gasteiger partial charge in [-0.25, -0.2) is 4.98 Å². The molecule has 0 spiro atoms. The maximum absolute atomic E-state index is 9.89. The van der Waals surface area contributed by atoms with Gasteiger partial charge in [0.2, 0.25) is 5.95 Å². The Morgan fingerprint density at radius 1 is 0.390 bits per heavy atom. The van der Waals surface area contributed by atoms with E-state index in [1.54, 1.807) is 0 Å². The van der Waals surface area contributed by atoms with E-state index >= 15 is 0 Å². The lowest BCUT2D eigenvalue weighted by molar-refractivity contribution is 0.952. The van der Waals surface area contributed by atoms with Crippen LogP contribution in [0.5, 0.6) is 0 Å². The molecule has 0 radical (unpaired) electrons. The molecule has 6 heteroatoms. The molecule has 3 heterocycles. The molecule has 0 atom stereocenters. The Balaban J connectivity index is 1.23. The summed E-state index contributed by atoms with van der Waals surface area (Å²) in [5.41, 5.74) is 6.48. The summed E-state index contributed by atoms with van der Waals surface area (Å²) < 4.78 is 4.41. The van der Waals surface area contributed by atoms with Crippen molar-refractivity contribution in [2.24, 2.45) is 0 Å². The summed E-state index contributed by atoms with van der Waals surface area (Å²) in [7, 11) is -2.83. The molecule has 0 saturated heterocycles. The van der Waals surface area contributed by atoms with Crippen LogP contribution in [0.25, 0.3) is 66.6 Å². The number of hydrogen-bond donors (Lipinski definition) is 0. The van der Waals surface area contributed by atoms with Crippen molar-refractivity contribution >= 4 is 72.4 Å². The highest BCUT2D eigenvalue weighted by Gasteiger charge is 2.41. The number of aromatic nitrogens is 4. The Bertz CT molecular complexity index is 3250. The van der Waals surface area contributed by atoms with Crippen LogP contribution in [0.15, 0.2) is 212 Å². The van der Waals surface area contributed by atoms with E-state index < -0.39 is 8.07 Å². The number of benzene rings is 8. The maximum atomic E-state index is 9.89. The van der Waals surface area contributed by atoms with E-state index in [9.17, 15) is 5.26 Å². The molecule has 0 unspecified atom stereocenters. The van der Waals surface area contributed by atoms with Gasteiger partial charge in [-0.1, -0.05) is 170 Å². The van der Waals surface area contributed by atoms with E-state index in [2.05, 4.69) is 197 Å². The lowest BCUT2D eigenvalue weighted by Crippen LogP contribution is -2.74. The summed E-state index contributed by atoms with van der Waals surface area (Å²) in [6.45, 7) is 0. The molecule has 0 aliphatic heterocycles. The third kappa shape index (κ3) is 5.44. The van der Waals surface area contributed by atoms with Gasteiger partial charge in [-0.2, -0.15) is 10.2 Å². The normalized spacial score (nSPS) is 11.7. The van der Waals surface area contributed by atoms with Gasteiger partial charge in [0.15, 0.2) is 8.07 Å². The van der Waals surface area contributed by atoms with Crippen molar-refractivity contribution in [2.75, 3.05) is 0 Å². The molecule has 11 aromatic rings. The summed E-state index contributed by atoms with van der Waals surface area (Å²) in [5, 5.41) is 19.4. The fourth-order valence-corrected chi connectivity index (χ4v) is 14.0. The van der Waals surface area contributed by atoms with Gasteiger partial charge < -0.3 is 0 Å². The first-order valence-electron chi connectivity index (χ1n) is 19.8. The Morgan fingerprint density at radius 2 is 0.864 bits per heavy atom. The zero-order chi connectivity index (χ0) is 39.3. The first-order chi connectivity index (χ1) is 29.2. The molecular weight excluding hydrogens is 735 g/mol. The SMILES string of the molecule is N#Cc1ccc2c(c1)c1ccccc1n2-c1nc(-c2cccc([Si](c3ccccc3)(c3ccccc3)c3ccccc3)c2)cc(-n2c3ccccc3c3ccccc32)n1. The van der Waals surface area contributed by atoms with E-state index in [4.69, 9.17) is 9.97 Å². The average Bonchev–Trinajstić information content (AvgIpc) is 3.83. The minimum Gasteiger partial charge on any atom is -0.294 e. The predicted molar refractivity (Wildman–Crippen MR) is 244 cm³/mol. The Hall–Kier alpha value is -7.85. The van der Waals surface area contributed by atoms with Gasteiger partial charge in [0.25, 0.3) is 0 Å². The van der Waals surface area contributed by atoms with Crippen LogP contribution in [0.2, 0.25) is 0 Å². The molecule has 5 nitrogen and oxygen atoms in total. The van der Waals surface area contributed by atoms with Crippen LogP contribution in [-0.2, 0) is 0 Å². The third-order valence-electron chi connectivity index (χ3n) is 11.7. The topological polar surface area (TPSA) is 59.4 Å². The fraction of sp³-hybridized carbons (Fsp3) is 0. The van der Waals surface area contributed by atoms with Gasteiger partial charge in [-0.05, 0) is 57.1 Å². The van der Waals surface area contributed by atoms with Crippen LogP contribution >= 0.6 is 0 Å². The van der Waals surface area contributed by atoms with Crippen molar-refractivity contribution in [3.05, 3.63) is 218 Å². The molecule has 276 valence electrons. The number of fused-ring (bicyclic) bond motifs is 6. The van der Waals surface area contributed by atoms with Gasteiger partial charge in [-0.15, -0.1) is 0 Å². The first kappa shape index (κ1) is 34.4. The lowest BCUT2D eigenvalue weighted by Gasteiger charge is -2.34.